The molecule has 6 heteroatoms. The fourth-order valence-corrected chi connectivity index (χ4v) is 2.51. The van der Waals surface area contributed by atoms with Crippen LogP contribution in [0.1, 0.15) is 18.0 Å². The fourth-order valence-electron chi connectivity index (χ4n) is 2.51. The zero-order chi connectivity index (χ0) is 13.4. The maximum Gasteiger partial charge on any atom is 0.307 e. The molecule has 5 nitrogen and oxygen atoms in total. The molecule has 0 saturated carbocycles. The first-order valence-electron chi connectivity index (χ1n) is 6.20. The predicted octanol–water partition coefficient (Wildman–Crippen LogP) is 1.33. The normalized spacial score (nSPS) is 25.3. The van der Waals surface area contributed by atoms with Gasteiger partial charge in [-0.3, -0.25) is 4.79 Å². The molecule has 1 aromatic rings. The Hall–Kier alpha value is -1.82. The molecule has 3 rings (SSSR count). The third-order valence-corrected chi connectivity index (χ3v) is 3.52. The predicted molar refractivity (Wildman–Crippen MR) is 63.9 cm³/mol. The molecule has 1 fully saturated rings. The van der Waals surface area contributed by atoms with Gasteiger partial charge in [0.25, 0.3) is 0 Å². The van der Waals surface area contributed by atoms with Crippen molar-refractivity contribution >= 4 is 5.97 Å². The molecular formula is C13H14FNO4. The number of hydrogen-bond acceptors (Lipinski definition) is 4. The Balaban J connectivity index is 1.87. The van der Waals surface area contributed by atoms with Crippen LogP contribution >= 0.6 is 0 Å². The lowest BCUT2D eigenvalue weighted by Gasteiger charge is -2.21. The Kier molecular flexibility index (Phi) is 3.02. The SMILES string of the molecule is O=C(O)C1CNC(c2cc3c(cc2F)OCCO3)C1. The van der Waals surface area contributed by atoms with Crippen LogP contribution < -0.4 is 14.8 Å². The zero-order valence-corrected chi connectivity index (χ0v) is 10.2. The highest BCUT2D eigenvalue weighted by molar-refractivity contribution is 5.70. The average molecular weight is 267 g/mol. The molecular weight excluding hydrogens is 253 g/mol. The van der Waals surface area contributed by atoms with Gasteiger partial charge >= 0.3 is 5.97 Å². The van der Waals surface area contributed by atoms with E-state index >= 15 is 0 Å². The second kappa shape index (κ2) is 4.70. The number of carboxylic acid groups (broad SMARTS) is 1. The molecule has 2 aliphatic heterocycles. The van der Waals surface area contributed by atoms with E-state index in [1.54, 1.807) is 6.07 Å². The van der Waals surface area contributed by atoms with E-state index in [0.29, 0.717) is 43.2 Å². The van der Waals surface area contributed by atoms with Crippen molar-refractivity contribution in [2.45, 2.75) is 12.5 Å². The molecule has 2 unspecified atom stereocenters. The molecule has 1 aromatic carbocycles. The van der Waals surface area contributed by atoms with Gasteiger partial charge in [0, 0.05) is 24.2 Å². The van der Waals surface area contributed by atoms with E-state index in [2.05, 4.69) is 5.32 Å². The van der Waals surface area contributed by atoms with Gasteiger partial charge in [0.05, 0.1) is 5.92 Å². The number of carboxylic acids is 1. The third kappa shape index (κ3) is 2.23. The van der Waals surface area contributed by atoms with Crippen LogP contribution in [0, 0.1) is 11.7 Å². The first kappa shape index (κ1) is 12.2. The first-order chi connectivity index (χ1) is 9.15. The van der Waals surface area contributed by atoms with Crippen molar-refractivity contribution < 1.29 is 23.8 Å². The lowest BCUT2D eigenvalue weighted by Crippen LogP contribution is -2.19. The summed E-state index contributed by atoms with van der Waals surface area (Å²) in [6.45, 7) is 1.20. The van der Waals surface area contributed by atoms with Crippen LogP contribution in [-0.2, 0) is 4.79 Å². The summed E-state index contributed by atoms with van der Waals surface area (Å²) in [4.78, 5) is 10.9. The molecule has 2 N–H and O–H groups in total. The molecule has 0 aromatic heterocycles. The number of halogens is 1. The summed E-state index contributed by atoms with van der Waals surface area (Å²) in [6, 6.07) is 2.61. The van der Waals surface area contributed by atoms with Gasteiger partial charge in [0.2, 0.25) is 0 Å². The summed E-state index contributed by atoms with van der Waals surface area (Å²) in [6.07, 6.45) is 0.381. The fraction of sp³-hybridized carbons (Fsp3) is 0.462. The van der Waals surface area contributed by atoms with E-state index in [1.165, 1.54) is 6.07 Å². The molecule has 0 aliphatic carbocycles. The highest BCUT2D eigenvalue weighted by atomic mass is 19.1. The molecule has 0 radical (unpaired) electrons. The Bertz CT molecular complexity index is 520. The van der Waals surface area contributed by atoms with Crippen LogP contribution in [0.2, 0.25) is 0 Å². The van der Waals surface area contributed by atoms with Crippen LogP contribution in [0.4, 0.5) is 4.39 Å². The quantitative estimate of drug-likeness (QED) is 0.846. The molecule has 2 heterocycles. The van der Waals surface area contributed by atoms with Crippen molar-refractivity contribution in [3.05, 3.63) is 23.5 Å². The zero-order valence-electron chi connectivity index (χ0n) is 10.2. The average Bonchev–Trinajstić information content (AvgIpc) is 2.87. The van der Waals surface area contributed by atoms with E-state index in [9.17, 15) is 9.18 Å². The molecule has 0 spiro atoms. The smallest absolute Gasteiger partial charge is 0.307 e. The highest BCUT2D eigenvalue weighted by Crippen LogP contribution is 2.37. The van der Waals surface area contributed by atoms with Gasteiger partial charge in [-0.15, -0.1) is 0 Å². The van der Waals surface area contributed by atoms with E-state index in [1.807, 2.05) is 0 Å². The van der Waals surface area contributed by atoms with Crippen molar-refractivity contribution in [1.29, 1.82) is 0 Å². The largest absolute Gasteiger partial charge is 0.486 e. The Morgan fingerprint density at radius 1 is 1.32 bits per heavy atom. The Morgan fingerprint density at radius 2 is 2.00 bits per heavy atom. The van der Waals surface area contributed by atoms with Crippen molar-refractivity contribution in [2.24, 2.45) is 5.92 Å². The first-order valence-corrected chi connectivity index (χ1v) is 6.20. The number of carbonyl (C=O) groups is 1. The molecule has 19 heavy (non-hydrogen) atoms. The summed E-state index contributed by atoms with van der Waals surface area (Å²) in [5.41, 5.74) is 0.438. The standard InChI is InChI=1S/C13H14FNO4/c14-9-5-12-11(18-1-2-19-12)4-8(9)10-3-7(6-15-10)13(16)17/h4-5,7,10,15H,1-3,6H2,(H,16,17). The van der Waals surface area contributed by atoms with Gasteiger partial charge in [-0.2, -0.15) is 0 Å². The van der Waals surface area contributed by atoms with Crippen LogP contribution in [0.25, 0.3) is 0 Å². The van der Waals surface area contributed by atoms with E-state index < -0.39 is 17.7 Å². The number of benzene rings is 1. The number of ether oxygens (including phenoxy) is 2. The molecule has 102 valence electrons. The van der Waals surface area contributed by atoms with E-state index in [0.717, 1.165) is 0 Å². The lowest BCUT2D eigenvalue weighted by atomic mass is 9.99. The van der Waals surface area contributed by atoms with Crippen molar-refractivity contribution in [3.63, 3.8) is 0 Å². The minimum Gasteiger partial charge on any atom is -0.486 e. The van der Waals surface area contributed by atoms with Gasteiger partial charge in [-0.25, -0.2) is 4.39 Å². The van der Waals surface area contributed by atoms with Crippen molar-refractivity contribution in [1.82, 2.24) is 5.32 Å². The van der Waals surface area contributed by atoms with Gasteiger partial charge in [-0.1, -0.05) is 0 Å². The van der Waals surface area contributed by atoms with Gasteiger partial charge < -0.3 is 19.9 Å². The summed E-state index contributed by atoms with van der Waals surface area (Å²) in [5, 5.41) is 12.0. The van der Waals surface area contributed by atoms with E-state index in [-0.39, 0.29) is 6.04 Å². The Morgan fingerprint density at radius 3 is 2.63 bits per heavy atom. The van der Waals surface area contributed by atoms with Crippen LogP contribution in [-0.4, -0.2) is 30.8 Å². The summed E-state index contributed by atoms with van der Waals surface area (Å²) in [7, 11) is 0. The molecule has 1 saturated heterocycles. The monoisotopic (exact) mass is 267 g/mol. The van der Waals surface area contributed by atoms with Gasteiger partial charge in [0.15, 0.2) is 11.5 Å². The molecule has 2 aliphatic rings. The minimum atomic E-state index is -0.854. The number of hydrogen-bond donors (Lipinski definition) is 2. The number of nitrogens with one attached hydrogen (secondary N) is 1. The number of aliphatic carboxylic acids is 1. The maximum atomic E-state index is 14.0. The summed E-state index contributed by atoms with van der Waals surface area (Å²) in [5.74, 6) is -0.804. The number of rotatable bonds is 2. The summed E-state index contributed by atoms with van der Waals surface area (Å²) >= 11 is 0. The van der Waals surface area contributed by atoms with Crippen LogP contribution in [0.15, 0.2) is 12.1 Å². The van der Waals surface area contributed by atoms with Gasteiger partial charge in [0.1, 0.15) is 19.0 Å². The third-order valence-electron chi connectivity index (χ3n) is 3.52. The summed E-state index contributed by atoms with van der Waals surface area (Å²) < 4.78 is 24.8. The Labute approximate surface area is 109 Å². The topological polar surface area (TPSA) is 67.8 Å². The maximum absolute atomic E-state index is 14.0. The second-order valence-electron chi connectivity index (χ2n) is 4.75. The lowest BCUT2D eigenvalue weighted by molar-refractivity contribution is -0.141. The molecule has 0 amide bonds. The van der Waals surface area contributed by atoms with Crippen molar-refractivity contribution in [2.75, 3.05) is 19.8 Å². The van der Waals surface area contributed by atoms with Crippen molar-refractivity contribution in [3.8, 4) is 11.5 Å². The van der Waals surface area contributed by atoms with Crippen LogP contribution in [0.3, 0.4) is 0 Å². The van der Waals surface area contributed by atoms with Gasteiger partial charge in [-0.05, 0) is 12.5 Å². The number of fused-ring (bicyclic) bond motifs is 1. The molecule has 2 atom stereocenters. The van der Waals surface area contributed by atoms with Crippen LogP contribution in [0.5, 0.6) is 11.5 Å². The molecule has 0 bridgehead atoms. The van der Waals surface area contributed by atoms with E-state index in [4.69, 9.17) is 14.6 Å². The minimum absolute atomic E-state index is 0.295. The second-order valence-corrected chi connectivity index (χ2v) is 4.75. The highest BCUT2D eigenvalue weighted by Gasteiger charge is 2.32.